The third-order valence-electron chi connectivity index (χ3n) is 2.95. The summed E-state index contributed by atoms with van der Waals surface area (Å²) < 4.78 is 29.5. The molecule has 0 aromatic heterocycles. The van der Waals surface area contributed by atoms with Crippen molar-refractivity contribution in [3.05, 3.63) is 53.6 Å². The van der Waals surface area contributed by atoms with E-state index >= 15 is 0 Å². The molecule has 2 aromatic rings. The summed E-state index contributed by atoms with van der Waals surface area (Å²) in [7, 11) is 0. The van der Waals surface area contributed by atoms with Crippen LogP contribution in [-0.2, 0) is 6.61 Å². The molecule has 0 spiro atoms. The molecule has 0 aliphatic rings. The molecule has 2 aromatic carbocycles. The van der Waals surface area contributed by atoms with E-state index in [4.69, 9.17) is 9.84 Å². The maximum Gasteiger partial charge on any atom is 0.272 e. The predicted octanol–water partition coefficient (Wildman–Crippen LogP) is 3.30. The molecule has 0 fully saturated rings. The summed E-state index contributed by atoms with van der Waals surface area (Å²) in [5.41, 5.74) is 2.49. The second-order valence-corrected chi connectivity index (χ2v) is 4.43. The molecule has 0 saturated carbocycles. The van der Waals surface area contributed by atoms with Gasteiger partial charge in [0.15, 0.2) is 6.29 Å². The fraction of sp³-hybridized carbons (Fsp3) is 0.188. The highest BCUT2D eigenvalue weighted by Crippen LogP contribution is 2.27. The van der Waals surface area contributed by atoms with Gasteiger partial charge >= 0.3 is 0 Å². The van der Waals surface area contributed by atoms with Crippen LogP contribution < -0.4 is 4.74 Å². The fourth-order valence-electron chi connectivity index (χ4n) is 1.94. The Morgan fingerprint density at radius 1 is 1.14 bits per heavy atom. The summed E-state index contributed by atoms with van der Waals surface area (Å²) >= 11 is 0. The molecule has 0 aliphatic carbocycles. The Morgan fingerprint density at radius 2 is 1.90 bits per heavy atom. The third kappa shape index (κ3) is 3.86. The van der Waals surface area contributed by atoms with Crippen molar-refractivity contribution in [2.45, 2.75) is 13.0 Å². The zero-order valence-electron chi connectivity index (χ0n) is 11.1. The van der Waals surface area contributed by atoms with E-state index in [9.17, 15) is 13.6 Å². The van der Waals surface area contributed by atoms with Gasteiger partial charge in [0.25, 0.3) is 6.43 Å². The number of ether oxygens (including phenoxy) is 1. The van der Waals surface area contributed by atoms with Crippen LogP contribution in [0, 0.1) is 0 Å². The third-order valence-corrected chi connectivity index (χ3v) is 2.95. The molecule has 0 atom stereocenters. The van der Waals surface area contributed by atoms with Gasteiger partial charge in [-0.05, 0) is 34.9 Å². The highest BCUT2D eigenvalue weighted by molar-refractivity contribution is 5.82. The molecular formula is C16H14F2O3. The van der Waals surface area contributed by atoms with Crippen LogP contribution in [0.2, 0.25) is 0 Å². The molecule has 110 valence electrons. The highest BCUT2D eigenvalue weighted by atomic mass is 19.3. The summed E-state index contributed by atoms with van der Waals surface area (Å²) in [5, 5.41) is 9.14. The number of rotatable bonds is 6. The number of carbonyl (C=O) groups is 1. The van der Waals surface area contributed by atoms with Gasteiger partial charge in [0.2, 0.25) is 0 Å². The molecule has 0 saturated heterocycles. The van der Waals surface area contributed by atoms with Crippen LogP contribution in [0.25, 0.3) is 11.1 Å². The van der Waals surface area contributed by atoms with Gasteiger partial charge in [0.1, 0.15) is 12.4 Å². The van der Waals surface area contributed by atoms with Crippen molar-refractivity contribution in [2.75, 3.05) is 6.61 Å². The molecule has 21 heavy (non-hydrogen) atoms. The lowest BCUT2D eigenvalue weighted by molar-refractivity contribution is 0.0809. The first-order valence-electron chi connectivity index (χ1n) is 6.34. The number of hydrogen-bond donors (Lipinski definition) is 1. The van der Waals surface area contributed by atoms with E-state index in [2.05, 4.69) is 0 Å². The molecule has 0 amide bonds. The molecule has 0 radical (unpaired) electrons. The first-order valence-corrected chi connectivity index (χ1v) is 6.34. The van der Waals surface area contributed by atoms with E-state index in [0.717, 1.165) is 16.7 Å². The lowest BCUT2D eigenvalue weighted by Gasteiger charge is -2.11. The van der Waals surface area contributed by atoms with Crippen molar-refractivity contribution >= 4 is 6.29 Å². The van der Waals surface area contributed by atoms with Crippen molar-refractivity contribution in [1.29, 1.82) is 0 Å². The topological polar surface area (TPSA) is 46.5 Å². The average molecular weight is 292 g/mol. The summed E-state index contributed by atoms with van der Waals surface area (Å²) in [6, 6.07) is 11.9. The van der Waals surface area contributed by atoms with Gasteiger partial charge in [-0.2, -0.15) is 0 Å². The van der Waals surface area contributed by atoms with Crippen molar-refractivity contribution in [1.82, 2.24) is 0 Å². The zero-order chi connectivity index (χ0) is 15.2. The van der Waals surface area contributed by atoms with E-state index in [0.29, 0.717) is 6.29 Å². The van der Waals surface area contributed by atoms with Gasteiger partial charge in [0.05, 0.1) is 12.2 Å². The molecular weight excluding hydrogens is 278 g/mol. The number of hydrogen-bond acceptors (Lipinski definition) is 3. The SMILES string of the molecule is O=Cc1ccc(-c2cccc(CO)c2)cc1OCC(F)F. The van der Waals surface area contributed by atoms with Crippen molar-refractivity contribution < 1.29 is 23.4 Å². The smallest absolute Gasteiger partial charge is 0.272 e. The summed E-state index contributed by atoms with van der Waals surface area (Å²) in [6.07, 6.45) is -2.04. The average Bonchev–Trinajstić information content (AvgIpc) is 2.52. The number of alkyl halides is 2. The Kier molecular flexibility index (Phi) is 5.00. The summed E-state index contributed by atoms with van der Waals surface area (Å²) in [5.74, 6) is 0.122. The molecule has 0 heterocycles. The van der Waals surface area contributed by atoms with Gasteiger partial charge in [-0.15, -0.1) is 0 Å². The lowest BCUT2D eigenvalue weighted by Crippen LogP contribution is -2.08. The first kappa shape index (κ1) is 15.1. The Morgan fingerprint density at radius 3 is 2.57 bits per heavy atom. The van der Waals surface area contributed by atoms with Crippen molar-refractivity contribution in [3.63, 3.8) is 0 Å². The van der Waals surface area contributed by atoms with E-state index < -0.39 is 13.0 Å². The molecule has 5 heteroatoms. The minimum absolute atomic E-state index is 0.0883. The van der Waals surface area contributed by atoms with Gasteiger partial charge in [-0.25, -0.2) is 8.78 Å². The van der Waals surface area contributed by atoms with Gasteiger partial charge in [-0.1, -0.05) is 24.3 Å². The van der Waals surface area contributed by atoms with Crippen LogP contribution in [0.3, 0.4) is 0 Å². The molecule has 3 nitrogen and oxygen atoms in total. The van der Waals surface area contributed by atoms with Gasteiger partial charge in [0, 0.05) is 0 Å². The van der Waals surface area contributed by atoms with Crippen LogP contribution in [-0.4, -0.2) is 24.4 Å². The molecule has 0 unspecified atom stereocenters. The monoisotopic (exact) mass is 292 g/mol. The van der Waals surface area contributed by atoms with Crippen LogP contribution in [0.1, 0.15) is 15.9 Å². The van der Waals surface area contributed by atoms with Crippen molar-refractivity contribution in [3.8, 4) is 16.9 Å². The highest BCUT2D eigenvalue weighted by Gasteiger charge is 2.10. The van der Waals surface area contributed by atoms with Crippen LogP contribution >= 0.6 is 0 Å². The fourth-order valence-corrected chi connectivity index (χ4v) is 1.94. The minimum atomic E-state index is -2.61. The Labute approximate surface area is 120 Å². The van der Waals surface area contributed by atoms with E-state index in [1.165, 1.54) is 6.07 Å². The largest absolute Gasteiger partial charge is 0.487 e. The second-order valence-electron chi connectivity index (χ2n) is 4.43. The van der Waals surface area contributed by atoms with Gasteiger partial charge < -0.3 is 9.84 Å². The van der Waals surface area contributed by atoms with Crippen LogP contribution in [0.15, 0.2) is 42.5 Å². The van der Waals surface area contributed by atoms with E-state index in [1.54, 1.807) is 30.3 Å². The molecule has 2 rings (SSSR count). The Bertz CT molecular complexity index is 627. The maximum atomic E-state index is 12.2. The van der Waals surface area contributed by atoms with Crippen LogP contribution in [0.5, 0.6) is 5.75 Å². The minimum Gasteiger partial charge on any atom is -0.487 e. The first-order chi connectivity index (χ1) is 10.1. The molecule has 0 aliphatic heterocycles. The van der Waals surface area contributed by atoms with Crippen LogP contribution in [0.4, 0.5) is 8.78 Å². The summed E-state index contributed by atoms with van der Waals surface area (Å²) in [6.45, 7) is -0.851. The maximum absolute atomic E-state index is 12.2. The predicted molar refractivity (Wildman–Crippen MR) is 74.7 cm³/mol. The number of benzene rings is 2. The normalized spacial score (nSPS) is 10.7. The number of aliphatic hydroxyl groups is 1. The van der Waals surface area contributed by atoms with Gasteiger partial charge in [-0.3, -0.25) is 4.79 Å². The standard InChI is InChI=1S/C16H14F2O3/c17-16(18)10-21-15-7-13(4-5-14(15)9-20)12-3-1-2-11(6-12)8-19/h1-7,9,16,19H,8,10H2. The summed E-state index contributed by atoms with van der Waals surface area (Å²) in [4.78, 5) is 10.9. The number of carbonyl (C=O) groups excluding carboxylic acids is 1. The molecule has 1 N–H and O–H groups in total. The Balaban J connectivity index is 2.35. The number of aldehydes is 1. The molecule has 0 bridgehead atoms. The van der Waals surface area contributed by atoms with E-state index in [-0.39, 0.29) is 17.9 Å². The zero-order valence-corrected chi connectivity index (χ0v) is 11.1. The Hall–Kier alpha value is -2.27. The number of aliphatic hydroxyl groups excluding tert-OH is 1. The second kappa shape index (κ2) is 6.95. The number of halogens is 2. The quantitative estimate of drug-likeness (QED) is 0.831. The van der Waals surface area contributed by atoms with E-state index in [1.807, 2.05) is 6.07 Å². The van der Waals surface area contributed by atoms with Crippen molar-refractivity contribution in [2.24, 2.45) is 0 Å². The lowest BCUT2D eigenvalue weighted by atomic mass is 10.0.